The van der Waals surface area contributed by atoms with Crippen LogP contribution in [-0.4, -0.2) is 11.5 Å². The Morgan fingerprint density at radius 2 is 2.00 bits per heavy atom. The fourth-order valence-corrected chi connectivity index (χ4v) is 2.47. The third-order valence-electron chi connectivity index (χ3n) is 2.29. The summed E-state index contributed by atoms with van der Waals surface area (Å²) in [6.07, 6.45) is 0.870. The summed E-state index contributed by atoms with van der Waals surface area (Å²) >= 11 is 1.74. The summed E-state index contributed by atoms with van der Waals surface area (Å²) < 4.78 is 0. The molecule has 1 aromatic carbocycles. The monoisotopic (exact) mass is 218 g/mol. The van der Waals surface area contributed by atoms with Crippen molar-refractivity contribution in [2.24, 2.45) is 5.73 Å². The zero-order chi connectivity index (χ0) is 10.7. The number of hydrogen-bond donors (Lipinski definition) is 1. The van der Waals surface area contributed by atoms with Crippen LogP contribution in [0.1, 0.15) is 10.6 Å². The molecule has 0 atom stereocenters. The third-order valence-corrected chi connectivity index (χ3v) is 3.36. The molecule has 0 saturated heterocycles. The highest BCUT2D eigenvalue weighted by molar-refractivity contribution is 7.15. The first-order valence-corrected chi connectivity index (χ1v) is 5.84. The number of thiazole rings is 1. The molecule has 3 heteroatoms. The molecule has 0 aliphatic rings. The second-order valence-electron chi connectivity index (χ2n) is 3.43. The lowest BCUT2D eigenvalue weighted by Crippen LogP contribution is -2.03. The first kappa shape index (κ1) is 10.3. The van der Waals surface area contributed by atoms with Crippen LogP contribution in [-0.2, 0) is 6.42 Å². The lowest BCUT2D eigenvalue weighted by molar-refractivity contribution is 0.927. The average Bonchev–Trinajstić information content (AvgIpc) is 2.63. The van der Waals surface area contributed by atoms with Gasteiger partial charge in [0, 0.05) is 16.9 Å². The average molecular weight is 218 g/mol. The minimum Gasteiger partial charge on any atom is -0.330 e. The zero-order valence-corrected chi connectivity index (χ0v) is 9.55. The van der Waals surface area contributed by atoms with Gasteiger partial charge in [0.05, 0.1) is 5.69 Å². The van der Waals surface area contributed by atoms with Crippen molar-refractivity contribution >= 4 is 11.3 Å². The van der Waals surface area contributed by atoms with E-state index in [2.05, 4.69) is 24.0 Å². The number of aromatic nitrogens is 1. The maximum Gasteiger partial charge on any atom is 0.123 e. The van der Waals surface area contributed by atoms with Gasteiger partial charge in [-0.15, -0.1) is 11.3 Å². The number of nitrogens with two attached hydrogens (primary N) is 1. The summed E-state index contributed by atoms with van der Waals surface area (Å²) in [5, 5.41) is 1.09. The van der Waals surface area contributed by atoms with Crippen LogP contribution >= 0.6 is 11.3 Å². The lowest BCUT2D eigenvalue weighted by atomic mass is 10.2. The van der Waals surface area contributed by atoms with Crippen molar-refractivity contribution in [1.82, 2.24) is 4.98 Å². The summed E-state index contributed by atoms with van der Waals surface area (Å²) in [7, 11) is 0. The van der Waals surface area contributed by atoms with Crippen LogP contribution in [0.15, 0.2) is 30.3 Å². The predicted molar refractivity (Wildman–Crippen MR) is 65.0 cm³/mol. The van der Waals surface area contributed by atoms with Crippen LogP contribution < -0.4 is 5.73 Å². The van der Waals surface area contributed by atoms with Gasteiger partial charge in [0.2, 0.25) is 0 Å². The number of rotatable bonds is 3. The molecule has 0 unspecified atom stereocenters. The van der Waals surface area contributed by atoms with Gasteiger partial charge in [-0.2, -0.15) is 0 Å². The van der Waals surface area contributed by atoms with Gasteiger partial charge in [0.15, 0.2) is 0 Å². The topological polar surface area (TPSA) is 38.9 Å². The highest BCUT2D eigenvalue weighted by Gasteiger charge is 2.07. The third kappa shape index (κ3) is 2.25. The predicted octanol–water partition coefficient (Wildman–Crippen LogP) is 2.62. The Morgan fingerprint density at radius 1 is 1.27 bits per heavy atom. The van der Waals surface area contributed by atoms with Crippen LogP contribution in [0.5, 0.6) is 0 Å². The lowest BCUT2D eigenvalue weighted by Gasteiger charge is -1.94. The van der Waals surface area contributed by atoms with Crippen LogP contribution in [0, 0.1) is 6.92 Å². The van der Waals surface area contributed by atoms with Gasteiger partial charge >= 0.3 is 0 Å². The van der Waals surface area contributed by atoms with Gasteiger partial charge in [-0.1, -0.05) is 30.3 Å². The SMILES string of the molecule is Cc1sc(-c2ccccc2)nc1CCN. The van der Waals surface area contributed by atoms with Crippen molar-refractivity contribution in [2.45, 2.75) is 13.3 Å². The number of aryl methyl sites for hydroxylation is 1. The van der Waals surface area contributed by atoms with E-state index in [1.165, 1.54) is 10.4 Å². The molecule has 78 valence electrons. The zero-order valence-electron chi connectivity index (χ0n) is 8.73. The molecule has 0 aliphatic heterocycles. The minimum atomic E-state index is 0.665. The Bertz CT molecular complexity index is 434. The smallest absolute Gasteiger partial charge is 0.123 e. The highest BCUT2D eigenvalue weighted by Crippen LogP contribution is 2.27. The van der Waals surface area contributed by atoms with Gasteiger partial charge in [-0.3, -0.25) is 0 Å². The van der Waals surface area contributed by atoms with E-state index in [-0.39, 0.29) is 0 Å². The molecule has 0 aliphatic carbocycles. The van der Waals surface area contributed by atoms with Crippen LogP contribution in [0.25, 0.3) is 10.6 Å². The van der Waals surface area contributed by atoms with Gasteiger partial charge in [-0.05, 0) is 13.5 Å². The normalized spacial score (nSPS) is 10.5. The first-order chi connectivity index (χ1) is 7.31. The molecule has 0 bridgehead atoms. The molecule has 1 heterocycles. The second-order valence-corrected chi connectivity index (χ2v) is 4.63. The molecule has 1 aromatic heterocycles. The molecule has 2 nitrogen and oxygen atoms in total. The molecule has 0 radical (unpaired) electrons. The van der Waals surface area contributed by atoms with E-state index >= 15 is 0 Å². The van der Waals surface area contributed by atoms with E-state index in [0.29, 0.717) is 6.54 Å². The molecule has 0 saturated carbocycles. The summed E-state index contributed by atoms with van der Waals surface area (Å²) in [4.78, 5) is 5.89. The largest absolute Gasteiger partial charge is 0.330 e. The standard InChI is InChI=1S/C12H14N2S/c1-9-11(7-8-13)14-12(15-9)10-5-3-2-4-6-10/h2-6H,7-8,13H2,1H3. The maximum atomic E-state index is 5.54. The molecule has 2 aromatic rings. The summed E-state index contributed by atoms with van der Waals surface area (Å²) in [5.41, 5.74) is 7.87. The minimum absolute atomic E-state index is 0.665. The molecule has 15 heavy (non-hydrogen) atoms. The molecule has 0 fully saturated rings. The number of nitrogens with zero attached hydrogens (tertiary/aromatic N) is 1. The quantitative estimate of drug-likeness (QED) is 0.860. The van der Waals surface area contributed by atoms with Crippen LogP contribution in [0.4, 0.5) is 0 Å². The van der Waals surface area contributed by atoms with Crippen LogP contribution in [0.2, 0.25) is 0 Å². The van der Waals surface area contributed by atoms with Gasteiger partial charge in [0.1, 0.15) is 5.01 Å². The molecular formula is C12H14N2S. The van der Waals surface area contributed by atoms with E-state index in [1.54, 1.807) is 11.3 Å². The Kier molecular flexibility index (Phi) is 3.14. The van der Waals surface area contributed by atoms with Crippen molar-refractivity contribution in [3.63, 3.8) is 0 Å². The van der Waals surface area contributed by atoms with E-state index in [4.69, 9.17) is 5.73 Å². The number of hydrogen-bond acceptors (Lipinski definition) is 3. The second kappa shape index (κ2) is 4.55. The summed E-state index contributed by atoms with van der Waals surface area (Å²) in [5.74, 6) is 0. The van der Waals surface area contributed by atoms with E-state index < -0.39 is 0 Å². The molecule has 2 N–H and O–H groups in total. The van der Waals surface area contributed by atoms with Crippen LogP contribution in [0.3, 0.4) is 0 Å². The fraction of sp³-hybridized carbons (Fsp3) is 0.250. The van der Waals surface area contributed by atoms with Gasteiger partial charge in [0.25, 0.3) is 0 Å². The highest BCUT2D eigenvalue weighted by atomic mass is 32.1. The summed E-state index contributed by atoms with van der Waals surface area (Å²) in [6, 6.07) is 10.3. The fourth-order valence-electron chi connectivity index (χ4n) is 1.50. The van der Waals surface area contributed by atoms with E-state index in [1.807, 2.05) is 18.2 Å². The van der Waals surface area contributed by atoms with Crippen molar-refractivity contribution in [1.29, 1.82) is 0 Å². The van der Waals surface area contributed by atoms with Crippen molar-refractivity contribution < 1.29 is 0 Å². The summed E-state index contributed by atoms with van der Waals surface area (Å²) in [6.45, 7) is 2.77. The van der Waals surface area contributed by atoms with Crippen molar-refractivity contribution in [3.8, 4) is 10.6 Å². The Labute approximate surface area is 93.8 Å². The van der Waals surface area contributed by atoms with Gasteiger partial charge in [-0.25, -0.2) is 4.98 Å². The molecule has 2 rings (SSSR count). The number of benzene rings is 1. The maximum absolute atomic E-state index is 5.54. The Hall–Kier alpha value is -1.19. The van der Waals surface area contributed by atoms with Crippen molar-refractivity contribution in [3.05, 3.63) is 40.9 Å². The Balaban J connectivity index is 2.34. The molecular weight excluding hydrogens is 204 g/mol. The van der Waals surface area contributed by atoms with E-state index in [9.17, 15) is 0 Å². The first-order valence-electron chi connectivity index (χ1n) is 5.03. The molecule has 0 spiro atoms. The van der Waals surface area contributed by atoms with Crippen molar-refractivity contribution in [2.75, 3.05) is 6.54 Å². The Morgan fingerprint density at radius 3 is 2.67 bits per heavy atom. The van der Waals surface area contributed by atoms with Gasteiger partial charge < -0.3 is 5.73 Å². The van der Waals surface area contributed by atoms with E-state index in [0.717, 1.165) is 17.1 Å². The molecule has 0 amide bonds.